The molecule has 522 valence electrons. The first-order valence-corrected chi connectivity index (χ1v) is 37.8. The summed E-state index contributed by atoms with van der Waals surface area (Å²) in [5.74, 6) is -1.63. The van der Waals surface area contributed by atoms with Gasteiger partial charge in [0, 0.05) is 19.3 Å². The predicted molar refractivity (Wildman–Crippen MR) is 371 cm³/mol. The van der Waals surface area contributed by atoms with Crippen LogP contribution in [0.2, 0.25) is 0 Å². The fraction of sp³-hybridized carbons (Fsp3) is 0.685. The van der Waals surface area contributed by atoms with E-state index in [-0.39, 0.29) is 19.3 Å². The number of allylic oxidation sites excluding steroid dienone is 20. The number of aliphatic hydroxyl groups excluding tert-OH is 2. The van der Waals surface area contributed by atoms with E-state index in [0.717, 1.165) is 167 Å². The number of ether oxygens (including phenoxy) is 3. The Morgan fingerprint density at radius 3 is 0.923 bits per heavy atom. The van der Waals surface area contributed by atoms with Crippen molar-refractivity contribution in [1.29, 1.82) is 0 Å². The average molecular weight is 1320 g/mol. The molecule has 5 unspecified atom stereocenters. The largest absolute Gasteiger partial charge is 0.472 e. The summed E-state index contributed by atoms with van der Waals surface area (Å²) in [6.07, 6.45) is 75.2. The average Bonchev–Trinajstić information content (AvgIpc) is 3.09. The van der Waals surface area contributed by atoms with Crippen molar-refractivity contribution in [2.75, 3.05) is 39.6 Å². The van der Waals surface area contributed by atoms with Crippen LogP contribution in [0.4, 0.5) is 0 Å². The van der Waals surface area contributed by atoms with Gasteiger partial charge < -0.3 is 34.2 Å². The number of phosphoric ester groups is 2. The van der Waals surface area contributed by atoms with E-state index < -0.39 is 91.5 Å². The first kappa shape index (κ1) is 87.0. The van der Waals surface area contributed by atoms with Gasteiger partial charge in [0.2, 0.25) is 0 Å². The molecule has 0 spiro atoms. The number of phosphoric acid groups is 2. The molecule has 0 saturated heterocycles. The Hall–Kier alpha value is -4.05. The molecule has 0 heterocycles. The van der Waals surface area contributed by atoms with Crippen molar-refractivity contribution in [3.63, 3.8) is 0 Å². The number of aliphatic hydroxyl groups is 2. The molecule has 0 aliphatic heterocycles. The van der Waals surface area contributed by atoms with E-state index in [1.54, 1.807) is 0 Å². The predicted octanol–water partition coefficient (Wildman–Crippen LogP) is 19.4. The Morgan fingerprint density at radius 1 is 0.319 bits per heavy atom. The summed E-state index contributed by atoms with van der Waals surface area (Å²) in [5.41, 5.74) is 0. The molecule has 0 rings (SSSR count). The lowest BCUT2D eigenvalue weighted by molar-refractivity contribution is -0.161. The van der Waals surface area contributed by atoms with Crippen LogP contribution in [0, 0.1) is 0 Å². The maximum Gasteiger partial charge on any atom is 0.472 e. The quantitative estimate of drug-likeness (QED) is 0.0146. The summed E-state index contributed by atoms with van der Waals surface area (Å²) < 4.78 is 60.9. The lowest BCUT2D eigenvalue weighted by atomic mass is 10.1. The van der Waals surface area contributed by atoms with Gasteiger partial charge in [0.05, 0.1) is 26.4 Å². The van der Waals surface area contributed by atoms with Gasteiger partial charge in [0.1, 0.15) is 25.4 Å². The van der Waals surface area contributed by atoms with E-state index in [2.05, 4.69) is 142 Å². The molecule has 16 nitrogen and oxygen atoms in total. The second-order valence-corrected chi connectivity index (χ2v) is 25.8. The molecule has 91 heavy (non-hydrogen) atoms. The van der Waals surface area contributed by atoms with E-state index >= 15 is 0 Å². The fourth-order valence-corrected chi connectivity index (χ4v) is 10.4. The van der Waals surface area contributed by atoms with Crippen molar-refractivity contribution in [3.05, 3.63) is 122 Å². The number of rotatable bonds is 65. The number of esters is 3. The maximum atomic E-state index is 12.9. The summed E-state index contributed by atoms with van der Waals surface area (Å²) in [4.78, 5) is 58.4. The zero-order chi connectivity index (χ0) is 66.7. The Balaban J connectivity index is 4.70. The van der Waals surface area contributed by atoms with Crippen LogP contribution in [0.25, 0.3) is 0 Å². The van der Waals surface area contributed by atoms with Gasteiger partial charge in [0.25, 0.3) is 0 Å². The van der Waals surface area contributed by atoms with Crippen LogP contribution < -0.4 is 0 Å². The van der Waals surface area contributed by atoms with Crippen LogP contribution in [0.3, 0.4) is 0 Å². The standard InChI is InChI=1S/C73H124O16P2/c1-4-7-10-13-16-19-22-25-28-30-32-33-35-37-39-41-44-47-50-53-56-59-71(76)83-62-68(74)63-85-90(79,80)86-64-69(75)65-87-91(81,82)88-67-70(89-73(78)61-58-55-52-49-46-43-38-27-24-21-18-15-12-9-6-3)66-84-72(77)60-57-54-51-48-45-42-40-36-34-31-29-26-23-20-17-14-11-8-5-2/h7,10,16-21,25-29,32-34,36-39,68-70,74-75H,4-6,8-9,11-15,22-24,30-31,35,40-67H2,1-3H3,(H,79,80)(H,81,82)/b10-7-,19-16-,20-17-,21-18-,28-25-,29-26-,33-32-,36-34-,38-27-,39-37-. The maximum absolute atomic E-state index is 12.9. The molecular weight excluding hydrogens is 1190 g/mol. The molecule has 0 radical (unpaired) electrons. The molecule has 4 N–H and O–H groups in total. The van der Waals surface area contributed by atoms with E-state index in [9.17, 15) is 43.5 Å². The second-order valence-electron chi connectivity index (χ2n) is 22.9. The summed E-state index contributed by atoms with van der Waals surface area (Å²) in [6, 6.07) is 0. The summed E-state index contributed by atoms with van der Waals surface area (Å²) in [6.45, 7) is 2.44. The van der Waals surface area contributed by atoms with E-state index in [1.807, 2.05) is 0 Å². The van der Waals surface area contributed by atoms with Gasteiger partial charge in [-0.05, 0) is 135 Å². The first-order chi connectivity index (χ1) is 44.2. The number of carbonyl (C=O) groups excluding carboxylic acids is 3. The molecular formula is C73H124O16P2. The highest BCUT2D eigenvalue weighted by Crippen LogP contribution is 2.45. The van der Waals surface area contributed by atoms with Crippen molar-refractivity contribution in [3.8, 4) is 0 Å². The van der Waals surface area contributed by atoms with Gasteiger partial charge in [-0.2, -0.15) is 0 Å². The zero-order valence-corrected chi connectivity index (χ0v) is 58.3. The molecule has 0 aliphatic rings. The molecule has 0 amide bonds. The third-order valence-corrected chi connectivity index (χ3v) is 16.0. The van der Waals surface area contributed by atoms with Gasteiger partial charge in [-0.15, -0.1) is 0 Å². The monoisotopic (exact) mass is 1320 g/mol. The Labute approximate surface area is 551 Å². The van der Waals surface area contributed by atoms with Crippen molar-refractivity contribution >= 4 is 33.6 Å². The molecule has 5 atom stereocenters. The highest BCUT2D eigenvalue weighted by molar-refractivity contribution is 7.47. The zero-order valence-electron chi connectivity index (χ0n) is 56.5. The van der Waals surface area contributed by atoms with Crippen LogP contribution in [-0.2, 0) is 55.8 Å². The number of hydrogen-bond donors (Lipinski definition) is 4. The molecule has 0 saturated carbocycles. The third-order valence-electron chi connectivity index (χ3n) is 14.1. The van der Waals surface area contributed by atoms with Gasteiger partial charge in [-0.3, -0.25) is 32.5 Å². The Morgan fingerprint density at radius 2 is 0.582 bits per heavy atom. The van der Waals surface area contributed by atoms with E-state index in [4.69, 9.17) is 32.3 Å². The highest BCUT2D eigenvalue weighted by atomic mass is 31.2. The molecule has 18 heteroatoms. The van der Waals surface area contributed by atoms with Crippen molar-refractivity contribution in [2.45, 2.75) is 283 Å². The summed E-state index contributed by atoms with van der Waals surface area (Å²) in [5, 5.41) is 20.6. The normalized spacial score (nSPS) is 14.9. The molecule has 0 fully saturated rings. The molecule has 0 bridgehead atoms. The molecule has 0 aromatic heterocycles. The van der Waals surface area contributed by atoms with Crippen molar-refractivity contribution < 1.29 is 75.8 Å². The van der Waals surface area contributed by atoms with E-state index in [0.29, 0.717) is 19.3 Å². The van der Waals surface area contributed by atoms with Crippen LogP contribution >= 0.6 is 15.6 Å². The number of unbranched alkanes of at least 4 members (excludes halogenated alkanes) is 22. The van der Waals surface area contributed by atoms with Gasteiger partial charge in [-0.25, -0.2) is 9.13 Å². The topological polar surface area (TPSA) is 231 Å². The Kier molecular flexibility index (Phi) is 63.1. The Bertz CT molecular complexity index is 2140. The van der Waals surface area contributed by atoms with Crippen LogP contribution in [0.15, 0.2) is 122 Å². The van der Waals surface area contributed by atoms with Gasteiger partial charge in [0.15, 0.2) is 6.10 Å². The van der Waals surface area contributed by atoms with Crippen LogP contribution in [0.5, 0.6) is 0 Å². The van der Waals surface area contributed by atoms with Crippen molar-refractivity contribution in [2.24, 2.45) is 0 Å². The fourth-order valence-electron chi connectivity index (χ4n) is 8.81. The lowest BCUT2D eigenvalue weighted by Gasteiger charge is -2.21. The molecule has 0 aromatic carbocycles. The smallest absolute Gasteiger partial charge is 0.463 e. The summed E-state index contributed by atoms with van der Waals surface area (Å²) in [7, 11) is -9.80. The highest BCUT2D eigenvalue weighted by Gasteiger charge is 2.29. The van der Waals surface area contributed by atoms with Gasteiger partial charge >= 0.3 is 33.6 Å². The lowest BCUT2D eigenvalue weighted by Crippen LogP contribution is -2.30. The number of carbonyl (C=O) groups is 3. The molecule has 0 aromatic rings. The number of hydrogen-bond acceptors (Lipinski definition) is 14. The van der Waals surface area contributed by atoms with Crippen LogP contribution in [-0.4, -0.2) is 95.9 Å². The second kappa shape index (κ2) is 66.0. The third kappa shape index (κ3) is 67.2. The first-order valence-electron chi connectivity index (χ1n) is 34.8. The minimum atomic E-state index is -4.94. The SMILES string of the molecule is CC/C=C\C/C=C\C/C=C\C/C=C\C/C=C\CCCCCCCC(=O)OCC(O)COP(=O)(O)OCC(O)COP(=O)(O)OCC(COC(=O)CCCCCCCC/C=C\C/C=C\C/C=C\CCCCC)OC(=O)CCCCCCC/C=C\C/C=C\CCCCC. The summed E-state index contributed by atoms with van der Waals surface area (Å²) >= 11 is 0. The van der Waals surface area contributed by atoms with E-state index in [1.165, 1.54) is 38.5 Å². The molecule has 0 aliphatic carbocycles. The van der Waals surface area contributed by atoms with Crippen molar-refractivity contribution in [1.82, 2.24) is 0 Å². The van der Waals surface area contributed by atoms with Crippen LogP contribution in [0.1, 0.15) is 265 Å². The minimum absolute atomic E-state index is 0.0826. The minimum Gasteiger partial charge on any atom is -0.463 e. The van der Waals surface area contributed by atoms with Gasteiger partial charge in [-0.1, -0.05) is 232 Å².